The van der Waals surface area contributed by atoms with Crippen molar-refractivity contribution in [3.8, 4) is 11.5 Å². The lowest BCUT2D eigenvalue weighted by Gasteiger charge is -2.21. The number of nitrogens with one attached hydrogen (secondary N) is 1. The summed E-state index contributed by atoms with van der Waals surface area (Å²) in [5.41, 5.74) is 14.5. The van der Waals surface area contributed by atoms with Crippen LogP contribution in [0.15, 0.2) is 43.5 Å². The average Bonchev–Trinajstić information content (AvgIpc) is 3.11. The monoisotopic (exact) mass is 546 g/mol. The molecule has 0 unspecified atom stereocenters. The highest BCUT2D eigenvalue weighted by Crippen LogP contribution is 2.51. The number of fused-ring (bicyclic) bond motifs is 1. The number of halogens is 1. The molecule has 1 heterocycles. The third kappa shape index (κ3) is 6.27. The predicted octanol–water partition coefficient (Wildman–Crippen LogP) is 7.14. The second-order valence-electron chi connectivity index (χ2n) is 8.36. The number of anilines is 1. The zero-order chi connectivity index (χ0) is 24.5. The van der Waals surface area contributed by atoms with E-state index >= 15 is 0 Å². The van der Waals surface area contributed by atoms with E-state index < -0.39 is 0 Å². The molecule has 184 valence electrons. The van der Waals surface area contributed by atoms with Gasteiger partial charge in [-0.1, -0.05) is 76.3 Å². The summed E-state index contributed by atoms with van der Waals surface area (Å²) < 4.78 is 13.3. The van der Waals surface area contributed by atoms with Gasteiger partial charge in [0.05, 0.1) is 33.7 Å². The van der Waals surface area contributed by atoms with E-state index in [2.05, 4.69) is 34.8 Å². The summed E-state index contributed by atoms with van der Waals surface area (Å²) in [5, 5.41) is 8.48. The molecule has 0 aromatic heterocycles. The number of hydrogen-bond acceptors (Lipinski definition) is 6. The van der Waals surface area contributed by atoms with E-state index in [4.69, 9.17) is 26.4 Å². The molecule has 0 saturated heterocycles. The summed E-state index contributed by atoms with van der Waals surface area (Å²) in [7, 11) is 0. The second-order valence-corrected chi connectivity index (χ2v) is 10.2. The summed E-state index contributed by atoms with van der Waals surface area (Å²) in [6.07, 6.45) is 8.78. The molecule has 0 spiro atoms. The van der Waals surface area contributed by atoms with Crippen LogP contribution in [0.2, 0.25) is 0 Å². The number of nitrogen functional groups attached to an aromatic ring is 1. The molecule has 2 aromatic rings. The van der Waals surface area contributed by atoms with Crippen molar-refractivity contribution in [1.29, 1.82) is 5.41 Å². The van der Waals surface area contributed by atoms with Crippen molar-refractivity contribution in [1.82, 2.24) is 0 Å². The molecule has 8 heteroatoms. The first-order valence-electron chi connectivity index (χ1n) is 12.1. The Kier molecular flexibility index (Phi) is 10.1. The summed E-state index contributed by atoms with van der Waals surface area (Å²) in [4.78, 5) is 6.01. The van der Waals surface area contributed by atoms with Crippen molar-refractivity contribution in [2.75, 3.05) is 18.9 Å². The van der Waals surface area contributed by atoms with Crippen molar-refractivity contribution in [3.05, 3.63) is 39.9 Å². The largest absolute Gasteiger partial charge is 0.492 e. The van der Waals surface area contributed by atoms with E-state index in [1.807, 2.05) is 24.3 Å². The van der Waals surface area contributed by atoms with E-state index in [0.29, 0.717) is 41.5 Å². The number of ether oxygens (including phenoxy) is 2. The van der Waals surface area contributed by atoms with Crippen LogP contribution in [0, 0.1) is 5.41 Å². The minimum absolute atomic E-state index is 0.100. The highest BCUT2D eigenvalue weighted by molar-refractivity contribution is 9.10. The zero-order valence-electron chi connectivity index (χ0n) is 20.1. The number of nitrogens with zero attached hydrogens (tertiary/aromatic N) is 1. The predicted molar refractivity (Wildman–Crippen MR) is 146 cm³/mol. The lowest BCUT2D eigenvalue weighted by atomic mass is 10.1. The van der Waals surface area contributed by atoms with E-state index in [1.54, 1.807) is 0 Å². The van der Waals surface area contributed by atoms with E-state index in [0.717, 1.165) is 52.8 Å². The quantitative estimate of drug-likeness (QED) is 0.172. The fraction of sp³-hybridized carbons (Fsp3) is 0.462. The van der Waals surface area contributed by atoms with Crippen LogP contribution in [0.5, 0.6) is 11.5 Å². The number of benzene rings is 2. The molecule has 1 aliphatic rings. The molecule has 34 heavy (non-hydrogen) atoms. The molecule has 0 aliphatic carbocycles. The van der Waals surface area contributed by atoms with Gasteiger partial charge in [-0.25, -0.2) is 4.99 Å². The Hall–Kier alpha value is -2.19. The van der Waals surface area contributed by atoms with Crippen LogP contribution >= 0.6 is 27.7 Å². The van der Waals surface area contributed by atoms with Gasteiger partial charge in [-0.2, -0.15) is 0 Å². The molecule has 1 aliphatic heterocycles. The van der Waals surface area contributed by atoms with Crippen molar-refractivity contribution < 1.29 is 9.47 Å². The third-order valence-corrected chi connectivity index (χ3v) is 7.86. The minimum atomic E-state index is 0.100. The maximum Gasteiger partial charge on any atom is 0.158 e. The van der Waals surface area contributed by atoms with Gasteiger partial charge in [0, 0.05) is 10.6 Å². The Balaban J connectivity index is 2.03. The average molecular weight is 548 g/mol. The highest BCUT2D eigenvalue weighted by Gasteiger charge is 2.33. The number of amidine groups is 2. The number of nitrogens with two attached hydrogens (primary N) is 2. The molecule has 0 amide bonds. The molecule has 0 fully saturated rings. The molecule has 5 N–H and O–H groups in total. The van der Waals surface area contributed by atoms with Crippen LogP contribution in [0.1, 0.15) is 76.3 Å². The van der Waals surface area contributed by atoms with Gasteiger partial charge >= 0.3 is 0 Å². The molecular weight excluding hydrogens is 512 g/mol. The molecule has 6 nitrogen and oxygen atoms in total. The Bertz CT molecular complexity index is 1040. The molecule has 0 saturated carbocycles. The molecular formula is C26H35BrN4O2S. The lowest BCUT2D eigenvalue weighted by molar-refractivity contribution is 0.288. The highest BCUT2D eigenvalue weighted by atomic mass is 79.9. The fourth-order valence-electron chi connectivity index (χ4n) is 3.81. The van der Waals surface area contributed by atoms with Gasteiger partial charge in [0.2, 0.25) is 0 Å². The molecule has 3 rings (SSSR count). The molecule has 0 radical (unpaired) electrons. The van der Waals surface area contributed by atoms with Gasteiger partial charge in [0.15, 0.2) is 5.84 Å². The van der Waals surface area contributed by atoms with Crippen molar-refractivity contribution >= 4 is 45.1 Å². The topological polar surface area (TPSA) is 107 Å². The summed E-state index contributed by atoms with van der Waals surface area (Å²) in [6.45, 7) is 5.50. The van der Waals surface area contributed by atoms with Gasteiger partial charge in [-0.15, -0.1) is 0 Å². The summed E-state index contributed by atoms with van der Waals surface area (Å²) >= 11 is 5.29. The number of hydrogen-bond donors (Lipinski definition) is 3. The number of rotatable bonds is 14. The smallest absolute Gasteiger partial charge is 0.158 e. The third-order valence-electron chi connectivity index (χ3n) is 5.65. The second kappa shape index (κ2) is 13.0. The van der Waals surface area contributed by atoms with Crippen LogP contribution in [-0.4, -0.2) is 24.9 Å². The Labute approximate surface area is 215 Å². The van der Waals surface area contributed by atoms with Gasteiger partial charge < -0.3 is 20.9 Å². The maximum atomic E-state index is 8.48. The summed E-state index contributed by atoms with van der Waals surface area (Å²) in [5.74, 6) is 1.61. The van der Waals surface area contributed by atoms with Crippen molar-refractivity contribution in [2.24, 2.45) is 10.7 Å². The standard InChI is InChI=1S/C26H35BrN4O2S/c1-3-5-7-11-15-32-22-19-20(26(30)31-25(19)29)23(33-16-12-8-6-4-2)24(21(22)27)34-18-14-10-9-13-17(18)28/h9-10,13-14H,3-8,11-12,15-16,28H2,1-2H3,(H3,29,30,31). The first-order valence-corrected chi connectivity index (χ1v) is 13.7. The molecule has 2 aromatic carbocycles. The number of aliphatic imine (C=N–C) groups is 1. The van der Waals surface area contributed by atoms with Crippen LogP contribution < -0.4 is 20.9 Å². The SMILES string of the molecule is CCCCCCOc1c(Br)c(Sc2ccccc2N)c(OCCCCCC)c2c1C(=N)N=C2N. The number of unbranched alkanes of at least 4 members (excludes halogenated alkanes) is 6. The first kappa shape index (κ1) is 26.4. The van der Waals surface area contributed by atoms with E-state index in [-0.39, 0.29) is 11.7 Å². The number of para-hydroxylation sites is 1. The Morgan fingerprint density at radius 2 is 1.50 bits per heavy atom. The summed E-state index contributed by atoms with van der Waals surface area (Å²) in [6, 6.07) is 7.74. The maximum absolute atomic E-state index is 8.48. The zero-order valence-corrected chi connectivity index (χ0v) is 22.5. The first-order chi connectivity index (χ1) is 16.5. The van der Waals surface area contributed by atoms with Crippen LogP contribution in [0.25, 0.3) is 0 Å². The van der Waals surface area contributed by atoms with Gasteiger partial charge in [0.1, 0.15) is 17.3 Å². The van der Waals surface area contributed by atoms with Crippen LogP contribution in [0.3, 0.4) is 0 Å². The van der Waals surface area contributed by atoms with Crippen LogP contribution in [-0.2, 0) is 0 Å². The fourth-order valence-corrected chi connectivity index (χ4v) is 5.53. The Morgan fingerprint density at radius 3 is 2.12 bits per heavy atom. The molecule has 0 atom stereocenters. The van der Waals surface area contributed by atoms with Crippen molar-refractivity contribution in [3.63, 3.8) is 0 Å². The van der Waals surface area contributed by atoms with Crippen LogP contribution in [0.4, 0.5) is 5.69 Å². The van der Waals surface area contributed by atoms with Gasteiger partial charge in [-0.3, -0.25) is 5.41 Å². The molecule has 0 bridgehead atoms. The lowest BCUT2D eigenvalue weighted by Crippen LogP contribution is -2.15. The van der Waals surface area contributed by atoms with Gasteiger partial charge in [0.25, 0.3) is 0 Å². The normalized spacial score (nSPS) is 12.6. The van der Waals surface area contributed by atoms with Gasteiger partial charge in [-0.05, 0) is 40.9 Å². The Morgan fingerprint density at radius 1 is 0.882 bits per heavy atom. The van der Waals surface area contributed by atoms with E-state index in [9.17, 15) is 0 Å². The van der Waals surface area contributed by atoms with Crippen molar-refractivity contribution in [2.45, 2.75) is 75.0 Å². The minimum Gasteiger partial charge on any atom is -0.492 e. The van der Waals surface area contributed by atoms with E-state index in [1.165, 1.54) is 24.6 Å².